The Bertz CT molecular complexity index is 476. The Morgan fingerprint density at radius 2 is 1.05 bits per heavy atom. The predicted molar refractivity (Wildman–Crippen MR) is 52.5 cm³/mol. The number of carboxylic acids is 1. The summed E-state index contributed by atoms with van der Waals surface area (Å²) in [5.74, 6) is -43.4. The van der Waals surface area contributed by atoms with E-state index in [2.05, 4.69) is 3.07 Å². The number of halogens is 11. The average Bonchev–Trinajstić information content (AvgIpc) is 2.36. The monoisotopic (exact) mass is 466 g/mol. The lowest BCUT2D eigenvalue weighted by Crippen LogP contribution is -2.70. The summed E-state index contributed by atoms with van der Waals surface area (Å²) < 4.78 is 131. The van der Waals surface area contributed by atoms with Crippen LogP contribution in [0.15, 0.2) is 0 Å². The van der Waals surface area contributed by atoms with Gasteiger partial charge in [0.15, 0.2) is 23.0 Å². The van der Waals surface area contributed by atoms with E-state index in [9.17, 15) is 53.5 Å². The molecular formula is C7HF10IO4. The fraction of sp³-hybridized carbons (Fsp3) is 0.714. The van der Waals surface area contributed by atoms with Crippen molar-refractivity contribution < 1.29 is 61.7 Å². The van der Waals surface area contributed by atoms with Gasteiger partial charge in [0.05, 0.1) is 0 Å². The molecule has 15 heteroatoms. The van der Waals surface area contributed by atoms with E-state index in [4.69, 9.17) is 5.11 Å². The van der Waals surface area contributed by atoms with Crippen molar-refractivity contribution in [2.75, 3.05) is 0 Å². The summed E-state index contributed by atoms with van der Waals surface area (Å²) in [6.45, 7) is 0. The lowest BCUT2D eigenvalue weighted by atomic mass is 9.94. The van der Waals surface area contributed by atoms with Crippen molar-refractivity contribution in [2.24, 2.45) is 0 Å². The van der Waals surface area contributed by atoms with E-state index in [1.54, 1.807) is 0 Å². The molecule has 0 aromatic rings. The third kappa shape index (κ3) is 2.55. The van der Waals surface area contributed by atoms with Crippen molar-refractivity contribution in [3.8, 4) is 0 Å². The number of alkyl halides is 10. The molecule has 0 saturated heterocycles. The summed E-state index contributed by atoms with van der Waals surface area (Å²) in [5.41, 5.74) is 0. The zero-order valence-electron chi connectivity index (χ0n) is 9.33. The van der Waals surface area contributed by atoms with Crippen LogP contribution in [0.1, 0.15) is 0 Å². The summed E-state index contributed by atoms with van der Waals surface area (Å²) in [5, 5.41) is 7.68. The van der Waals surface area contributed by atoms with Crippen molar-refractivity contribution in [3.63, 3.8) is 0 Å². The van der Waals surface area contributed by atoms with Crippen LogP contribution in [0, 0.1) is 0 Å². The Labute approximate surface area is 127 Å². The van der Waals surface area contributed by atoms with Crippen molar-refractivity contribution in [1.29, 1.82) is 0 Å². The molecule has 0 amide bonds. The third-order valence-electron chi connectivity index (χ3n) is 2.17. The number of carbonyl (C=O) groups excluding carboxylic acids is 1. The summed E-state index contributed by atoms with van der Waals surface area (Å²) in [7, 11) is 0. The largest absolute Gasteiger partial charge is 0.477 e. The summed E-state index contributed by atoms with van der Waals surface area (Å²) in [4.78, 5) is 20.1. The second-order valence-corrected chi connectivity index (χ2v) is 3.98. The zero-order valence-corrected chi connectivity index (χ0v) is 11.5. The van der Waals surface area contributed by atoms with Gasteiger partial charge in [0, 0.05) is 0 Å². The van der Waals surface area contributed by atoms with Crippen LogP contribution >= 0.6 is 23.0 Å². The summed E-state index contributed by atoms with van der Waals surface area (Å²) in [6, 6.07) is 0. The molecule has 0 aliphatic heterocycles. The fourth-order valence-corrected chi connectivity index (χ4v) is 1.18. The second kappa shape index (κ2) is 5.55. The smallest absolute Gasteiger partial charge is 0.411 e. The standard InChI is InChI=1S/C7HF10IO4/c8-3(9,1(19)20)5(12,13)7(16,17)6(14,15)4(10,11)2(21)22-18/h(H,19,20). The predicted octanol–water partition coefficient (Wildman–Crippen LogP) is 3.14. The zero-order chi connectivity index (χ0) is 18.4. The van der Waals surface area contributed by atoms with Crippen LogP contribution in [0.4, 0.5) is 43.9 Å². The highest BCUT2D eigenvalue weighted by molar-refractivity contribution is 14.1. The number of rotatable bonds is 6. The Morgan fingerprint density at radius 3 is 1.32 bits per heavy atom. The van der Waals surface area contributed by atoms with Gasteiger partial charge in [0.25, 0.3) is 0 Å². The molecule has 0 radical (unpaired) electrons. The summed E-state index contributed by atoms with van der Waals surface area (Å²) >= 11 is 0.217. The van der Waals surface area contributed by atoms with Crippen LogP contribution in [0.3, 0.4) is 0 Å². The van der Waals surface area contributed by atoms with Crippen LogP contribution in [-0.4, -0.2) is 46.7 Å². The molecule has 4 nitrogen and oxygen atoms in total. The van der Waals surface area contributed by atoms with Crippen molar-refractivity contribution in [3.05, 3.63) is 0 Å². The number of aliphatic carboxylic acids is 1. The lowest BCUT2D eigenvalue weighted by molar-refractivity contribution is -0.390. The number of carboxylic acid groups (broad SMARTS) is 1. The topological polar surface area (TPSA) is 63.6 Å². The number of hydrogen-bond donors (Lipinski definition) is 1. The Kier molecular flexibility index (Phi) is 5.29. The van der Waals surface area contributed by atoms with E-state index in [1.165, 1.54) is 0 Å². The maximum atomic E-state index is 12.9. The first-order valence-electron chi connectivity index (χ1n) is 4.38. The Hall–Kier alpha value is -1.03. The molecule has 0 rings (SSSR count). The van der Waals surface area contributed by atoms with Gasteiger partial charge in [0.1, 0.15) is 0 Å². The maximum absolute atomic E-state index is 12.9. The van der Waals surface area contributed by atoms with Crippen molar-refractivity contribution >= 4 is 34.9 Å². The van der Waals surface area contributed by atoms with Crippen molar-refractivity contribution in [1.82, 2.24) is 0 Å². The average molecular weight is 466 g/mol. The molecule has 0 saturated carbocycles. The number of carbonyl (C=O) groups is 2. The number of hydrogen-bond acceptors (Lipinski definition) is 3. The molecule has 0 aromatic heterocycles. The first-order chi connectivity index (χ1) is 9.42. The Balaban J connectivity index is 6.22. The molecule has 0 fully saturated rings. The van der Waals surface area contributed by atoms with E-state index in [0.717, 1.165) is 0 Å². The fourth-order valence-electron chi connectivity index (χ4n) is 0.902. The molecule has 0 heterocycles. The molecule has 1 N–H and O–H groups in total. The molecule has 0 bridgehead atoms. The first-order valence-corrected chi connectivity index (χ1v) is 5.26. The van der Waals surface area contributed by atoms with Gasteiger partial charge in [0.2, 0.25) is 0 Å². The van der Waals surface area contributed by atoms with Gasteiger partial charge < -0.3 is 8.17 Å². The van der Waals surface area contributed by atoms with E-state index >= 15 is 0 Å². The van der Waals surface area contributed by atoms with E-state index in [-0.39, 0.29) is 23.0 Å². The maximum Gasteiger partial charge on any atom is 0.411 e. The van der Waals surface area contributed by atoms with Crippen LogP contribution in [-0.2, 0) is 12.7 Å². The summed E-state index contributed by atoms with van der Waals surface area (Å²) in [6.07, 6.45) is 0. The van der Waals surface area contributed by atoms with Crippen LogP contribution in [0.5, 0.6) is 0 Å². The molecule has 0 aliphatic rings. The normalized spacial score (nSPS) is 14.7. The molecule has 0 atom stereocenters. The van der Waals surface area contributed by atoms with Gasteiger partial charge >= 0.3 is 41.6 Å². The van der Waals surface area contributed by atoms with Crippen LogP contribution in [0.2, 0.25) is 0 Å². The van der Waals surface area contributed by atoms with Gasteiger partial charge in [-0.15, -0.1) is 0 Å². The van der Waals surface area contributed by atoms with Gasteiger partial charge in [-0.2, -0.15) is 43.9 Å². The molecule has 130 valence electrons. The molecular weight excluding hydrogens is 465 g/mol. The van der Waals surface area contributed by atoms with Crippen molar-refractivity contribution in [2.45, 2.75) is 29.6 Å². The van der Waals surface area contributed by atoms with Gasteiger partial charge in [-0.05, 0) is 0 Å². The molecule has 0 aliphatic carbocycles. The first kappa shape index (κ1) is 21.0. The van der Waals surface area contributed by atoms with Gasteiger partial charge in [-0.3, -0.25) is 0 Å². The minimum Gasteiger partial charge on any atom is -0.477 e. The second-order valence-electron chi connectivity index (χ2n) is 3.54. The SMILES string of the molecule is O=C(O)C(F)(F)C(F)(F)C(F)(F)C(F)(F)C(F)(F)C(=O)OI. The highest BCUT2D eigenvalue weighted by Crippen LogP contribution is 2.57. The minimum atomic E-state index is -7.63. The molecule has 0 spiro atoms. The molecule has 0 unspecified atom stereocenters. The van der Waals surface area contributed by atoms with E-state index in [1.807, 2.05) is 0 Å². The lowest BCUT2D eigenvalue weighted by Gasteiger charge is -2.36. The highest BCUT2D eigenvalue weighted by Gasteiger charge is 2.89. The van der Waals surface area contributed by atoms with E-state index < -0.39 is 41.6 Å². The van der Waals surface area contributed by atoms with Crippen LogP contribution in [0.25, 0.3) is 0 Å². The van der Waals surface area contributed by atoms with E-state index in [0.29, 0.717) is 0 Å². The van der Waals surface area contributed by atoms with Gasteiger partial charge in [-0.1, -0.05) is 0 Å². The van der Waals surface area contributed by atoms with Gasteiger partial charge in [-0.25, -0.2) is 9.59 Å². The quantitative estimate of drug-likeness (QED) is 0.483. The molecule has 0 aromatic carbocycles. The third-order valence-corrected chi connectivity index (χ3v) is 2.57. The Morgan fingerprint density at radius 1 is 0.727 bits per heavy atom. The van der Waals surface area contributed by atoms with Crippen LogP contribution < -0.4 is 0 Å². The minimum absolute atomic E-state index is 0.217. The molecule has 22 heavy (non-hydrogen) atoms. The highest BCUT2D eigenvalue weighted by atomic mass is 127.